The largest absolute Gasteiger partial charge is 0.508 e. The second kappa shape index (κ2) is 6.07. The van der Waals surface area contributed by atoms with Crippen LogP contribution in [0, 0.1) is 5.92 Å². The maximum absolute atomic E-state index is 12.8. The molecular weight excluding hydrogens is 324 g/mol. The summed E-state index contributed by atoms with van der Waals surface area (Å²) in [5.41, 5.74) is -0.0857. The van der Waals surface area contributed by atoms with E-state index in [0.717, 1.165) is 0 Å². The predicted molar refractivity (Wildman–Crippen MR) is 90.4 cm³/mol. The van der Waals surface area contributed by atoms with Crippen LogP contribution >= 0.6 is 0 Å². The molecule has 4 N–H and O–H groups in total. The average Bonchev–Trinajstić information content (AvgIpc) is 2.85. The lowest BCUT2D eigenvalue weighted by Gasteiger charge is -2.40. The first-order chi connectivity index (χ1) is 11.7. The number of fused-ring (bicyclic) bond motifs is 1. The highest BCUT2D eigenvalue weighted by molar-refractivity contribution is 5.77. The number of ether oxygens (including phenoxy) is 1. The van der Waals surface area contributed by atoms with Gasteiger partial charge in [-0.15, -0.1) is 0 Å². The first kappa shape index (κ1) is 17.3. The molecule has 3 rings (SSSR count). The fraction of sp³-hybridized carbons (Fsp3) is 0.444. The molecule has 0 aliphatic heterocycles. The van der Waals surface area contributed by atoms with E-state index in [4.69, 9.17) is 4.74 Å². The van der Waals surface area contributed by atoms with E-state index in [1.54, 1.807) is 32.9 Å². The van der Waals surface area contributed by atoms with Crippen molar-refractivity contribution >= 4 is 5.97 Å². The summed E-state index contributed by atoms with van der Waals surface area (Å²) in [6.07, 6.45) is -0.206. The molecule has 25 heavy (non-hydrogen) atoms. The number of rotatable bonds is 3. The molecular formula is C18H22N2O5. The molecule has 0 spiro atoms. The molecule has 7 nitrogen and oxygen atoms in total. The molecule has 0 saturated carbocycles. The second-order valence-corrected chi connectivity index (χ2v) is 7.04. The highest BCUT2D eigenvalue weighted by Crippen LogP contribution is 2.44. The second-order valence-electron chi connectivity index (χ2n) is 7.04. The molecule has 1 aromatic heterocycles. The van der Waals surface area contributed by atoms with Crippen molar-refractivity contribution in [2.45, 2.75) is 44.8 Å². The molecule has 3 atom stereocenters. The zero-order valence-electron chi connectivity index (χ0n) is 14.4. The zero-order chi connectivity index (χ0) is 18.4. The third-order valence-electron chi connectivity index (χ3n) is 4.60. The van der Waals surface area contributed by atoms with E-state index in [1.165, 1.54) is 12.1 Å². The molecule has 7 heteroatoms. The van der Waals surface area contributed by atoms with Crippen LogP contribution in [0.3, 0.4) is 0 Å². The van der Waals surface area contributed by atoms with E-state index in [2.05, 4.69) is 10.2 Å². The summed E-state index contributed by atoms with van der Waals surface area (Å²) < 4.78 is 5.36. The lowest BCUT2D eigenvalue weighted by Crippen LogP contribution is -2.50. The highest BCUT2D eigenvalue weighted by Gasteiger charge is 2.51. The number of phenolic OH excluding ortho intramolecular Hbond substituents is 1. The van der Waals surface area contributed by atoms with Gasteiger partial charge in [0.05, 0.1) is 17.6 Å². The lowest BCUT2D eigenvalue weighted by atomic mass is 9.66. The van der Waals surface area contributed by atoms with Gasteiger partial charge in [0, 0.05) is 23.6 Å². The molecule has 1 aliphatic carbocycles. The summed E-state index contributed by atoms with van der Waals surface area (Å²) in [6.45, 7) is 5.04. The van der Waals surface area contributed by atoms with Gasteiger partial charge in [0.1, 0.15) is 5.75 Å². The third-order valence-corrected chi connectivity index (χ3v) is 4.60. The number of esters is 1. The van der Waals surface area contributed by atoms with Gasteiger partial charge in [-0.05, 0) is 38.5 Å². The van der Waals surface area contributed by atoms with Crippen LogP contribution in [0.25, 0.3) is 0 Å². The van der Waals surface area contributed by atoms with Crippen molar-refractivity contribution < 1.29 is 19.7 Å². The molecule has 0 fully saturated rings. The minimum Gasteiger partial charge on any atom is -0.508 e. The van der Waals surface area contributed by atoms with Crippen molar-refractivity contribution in [2.24, 2.45) is 5.92 Å². The monoisotopic (exact) mass is 346 g/mol. The number of benzene rings is 1. The smallest absolute Gasteiger partial charge is 0.313 e. The van der Waals surface area contributed by atoms with Crippen LogP contribution in [-0.2, 0) is 16.0 Å². The number of aromatic amines is 2. The molecule has 134 valence electrons. The Balaban J connectivity index is 2.18. The van der Waals surface area contributed by atoms with Gasteiger partial charge in [0.2, 0.25) is 0 Å². The minimum absolute atomic E-state index is 0.0795. The topological polar surface area (TPSA) is 115 Å². The van der Waals surface area contributed by atoms with E-state index in [9.17, 15) is 19.8 Å². The Hall–Kier alpha value is -2.54. The van der Waals surface area contributed by atoms with Gasteiger partial charge in [0.25, 0.3) is 5.56 Å². The molecule has 0 radical (unpaired) electrons. The third kappa shape index (κ3) is 3.07. The number of carbonyl (C=O) groups excluding carboxylic acids is 1. The summed E-state index contributed by atoms with van der Waals surface area (Å²) in [5.74, 6) is -2.09. The Kier molecular flexibility index (Phi) is 4.20. The summed E-state index contributed by atoms with van der Waals surface area (Å²) in [6, 6.07) is 6.27. The van der Waals surface area contributed by atoms with E-state index in [-0.39, 0.29) is 23.8 Å². The number of aliphatic hydroxyl groups is 1. The van der Waals surface area contributed by atoms with Gasteiger partial charge >= 0.3 is 5.97 Å². The quantitative estimate of drug-likeness (QED) is 0.627. The summed E-state index contributed by atoms with van der Waals surface area (Å²) in [5, 5.41) is 25.8. The van der Waals surface area contributed by atoms with E-state index in [1.807, 2.05) is 0 Å². The van der Waals surface area contributed by atoms with Crippen LogP contribution in [0.5, 0.6) is 5.75 Å². The minimum atomic E-state index is -1.40. The number of nitrogens with one attached hydrogen (secondary N) is 2. The predicted octanol–water partition coefficient (Wildman–Crippen LogP) is 1.42. The first-order valence-electron chi connectivity index (χ1n) is 8.22. The van der Waals surface area contributed by atoms with Crippen molar-refractivity contribution in [1.29, 1.82) is 0 Å². The van der Waals surface area contributed by atoms with Crippen molar-refractivity contribution in [3.8, 4) is 5.75 Å². The number of H-pyrrole nitrogens is 2. The number of hydrogen-bond acceptors (Lipinski definition) is 5. The van der Waals surface area contributed by atoms with Gasteiger partial charge in [-0.1, -0.05) is 12.1 Å². The number of phenols is 1. The number of hydrogen-bond donors (Lipinski definition) is 4. The van der Waals surface area contributed by atoms with E-state index >= 15 is 0 Å². The SMILES string of the molecule is CC(C)OC(=O)[C@@H]1[C@@H](c2ccc(O)cc2)c2c([nH][nH]c2=O)C[C@]1(C)O. The average molecular weight is 346 g/mol. The standard InChI is InChI=1S/C18H22N2O5/c1-9(2)25-17(23)15-13(10-4-6-11(21)7-5-10)14-12(8-18(15,3)24)19-20-16(14)22/h4-7,9,13,15,21,24H,8H2,1-3H3,(H2,19,20,22)/t13-,15-,18-/m0/s1. The Bertz CT molecular complexity index is 832. The van der Waals surface area contributed by atoms with Crippen molar-refractivity contribution in [3.63, 3.8) is 0 Å². The Morgan fingerprint density at radius 2 is 1.92 bits per heavy atom. The van der Waals surface area contributed by atoms with E-state index < -0.39 is 23.4 Å². The Morgan fingerprint density at radius 3 is 2.52 bits per heavy atom. The molecule has 2 aromatic rings. The van der Waals surface area contributed by atoms with Gasteiger partial charge in [-0.2, -0.15) is 0 Å². The normalized spacial score (nSPS) is 25.6. The van der Waals surface area contributed by atoms with Crippen molar-refractivity contribution in [2.75, 3.05) is 0 Å². The molecule has 0 bridgehead atoms. The molecule has 1 aromatic carbocycles. The van der Waals surface area contributed by atoms with Crippen molar-refractivity contribution in [1.82, 2.24) is 10.2 Å². The van der Waals surface area contributed by atoms with Crippen LogP contribution in [0.15, 0.2) is 29.1 Å². The summed E-state index contributed by atoms with van der Waals surface area (Å²) in [4.78, 5) is 25.1. The summed E-state index contributed by atoms with van der Waals surface area (Å²) in [7, 11) is 0. The lowest BCUT2D eigenvalue weighted by molar-refractivity contribution is -0.163. The number of carbonyl (C=O) groups is 1. The van der Waals surface area contributed by atoms with Gasteiger partial charge in [-0.25, -0.2) is 0 Å². The van der Waals surface area contributed by atoms with Gasteiger partial charge in [-0.3, -0.25) is 14.7 Å². The van der Waals surface area contributed by atoms with Crippen LogP contribution < -0.4 is 5.56 Å². The highest BCUT2D eigenvalue weighted by atomic mass is 16.5. The van der Waals surface area contributed by atoms with Gasteiger partial charge < -0.3 is 20.0 Å². The molecule has 1 aliphatic rings. The fourth-order valence-electron chi connectivity index (χ4n) is 3.60. The first-order valence-corrected chi connectivity index (χ1v) is 8.22. The zero-order valence-corrected chi connectivity index (χ0v) is 14.4. The van der Waals surface area contributed by atoms with Crippen LogP contribution in [0.4, 0.5) is 0 Å². The molecule has 1 heterocycles. The maximum atomic E-state index is 12.8. The number of aromatic nitrogens is 2. The number of aromatic hydroxyl groups is 1. The maximum Gasteiger partial charge on any atom is 0.313 e. The molecule has 0 unspecified atom stereocenters. The van der Waals surface area contributed by atoms with Crippen LogP contribution in [0.1, 0.15) is 43.5 Å². The van der Waals surface area contributed by atoms with Crippen LogP contribution in [-0.4, -0.2) is 38.1 Å². The summed E-state index contributed by atoms with van der Waals surface area (Å²) >= 11 is 0. The van der Waals surface area contributed by atoms with E-state index in [0.29, 0.717) is 16.8 Å². The van der Waals surface area contributed by atoms with Crippen LogP contribution in [0.2, 0.25) is 0 Å². The molecule has 0 saturated heterocycles. The fourth-order valence-corrected chi connectivity index (χ4v) is 3.60. The Morgan fingerprint density at radius 1 is 1.28 bits per heavy atom. The van der Waals surface area contributed by atoms with Crippen molar-refractivity contribution in [3.05, 3.63) is 51.4 Å². The molecule has 0 amide bonds. The van der Waals surface area contributed by atoms with Gasteiger partial charge in [0.15, 0.2) is 0 Å². The Labute approximate surface area is 144 Å².